The molecule has 3 heteroatoms. The second kappa shape index (κ2) is 5.53. The normalized spacial score (nSPS) is 36.0. The third kappa shape index (κ3) is 2.66. The summed E-state index contributed by atoms with van der Waals surface area (Å²) >= 11 is 0. The SMILES string of the molecule is CC1CCC(C)N(C(CN)c2ccc(C3CC3C)o2)C1. The van der Waals surface area contributed by atoms with Gasteiger partial charge in [0.05, 0.1) is 6.04 Å². The lowest BCUT2D eigenvalue weighted by atomic mass is 9.93. The average molecular weight is 276 g/mol. The molecule has 0 aromatic carbocycles. The fourth-order valence-corrected chi connectivity index (χ4v) is 3.64. The summed E-state index contributed by atoms with van der Waals surface area (Å²) in [5.41, 5.74) is 6.07. The van der Waals surface area contributed by atoms with E-state index < -0.39 is 0 Å². The maximum atomic E-state index is 6.15. The minimum atomic E-state index is 0.246. The van der Waals surface area contributed by atoms with Crippen LogP contribution in [0.1, 0.15) is 63.5 Å². The predicted octanol–water partition coefficient (Wildman–Crippen LogP) is 3.52. The van der Waals surface area contributed by atoms with Crippen molar-refractivity contribution >= 4 is 0 Å². The molecule has 1 aliphatic carbocycles. The van der Waals surface area contributed by atoms with E-state index in [1.54, 1.807) is 0 Å². The summed E-state index contributed by atoms with van der Waals surface area (Å²) < 4.78 is 6.15. The van der Waals surface area contributed by atoms with E-state index in [1.165, 1.54) is 25.0 Å². The quantitative estimate of drug-likeness (QED) is 0.915. The summed E-state index contributed by atoms with van der Waals surface area (Å²) in [6, 6.07) is 5.18. The van der Waals surface area contributed by atoms with Gasteiger partial charge >= 0.3 is 0 Å². The fraction of sp³-hybridized carbons (Fsp3) is 0.765. The van der Waals surface area contributed by atoms with Crippen molar-refractivity contribution in [1.29, 1.82) is 0 Å². The van der Waals surface area contributed by atoms with Crippen LogP contribution in [0.25, 0.3) is 0 Å². The minimum absolute atomic E-state index is 0.246. The second-order valence-electron chi connectivity index (χ2n) is 7.04. The standard InChI is InChI=1S/C17H28N2O/c1-11-4-5-13(3)19(10-11)15(9-18)17-7-6-16(20-17)14-8-12(14)2/h6-7,11-15H,4-5,8-10,18H2,1-3H3. The Morgan fingerprint density at radius 3 is 2.70 bits per heavy atom. The number of furan rings is 1. The molecular weight excluding hydrogens is 248 g/mol. The molecule has 3 nitrogen and oxygen atoms in total. The van der Waals surface area contributed by atoms with Crippen LogP contribution in [0.5, 0.6) is 0 Å². The molecule has 2 heterocycles. The van der Waals surface area contributed by atoms with Gasteiger partial charge in [0.1, 0.15) is 11.5 Å². The lowest BCUT2D eigenvalue weighted by Crippen LogP contribution is -2.45. The predicted molar refractivity (Wildman–Crippen MR) is 81.6 cm³/mol. The van der Waals surface area contributed by atoms with E-state index in [1.807, 2.05) is 0 Å². The van der Waals surface area contributed by atoms with Crippen LogP contribution in [0.15, 0.2) is 16.5 Å². The lowest BCUT2D eigenvalue weighted by Gasteiger charge is -2.41. The molecule has 1 aromatic rings. The summed E-state index contributed by atoms with van der Waals surface area (Å²) in [5.74, 6) is 4.45. The van der Waals surface area contributed by atoms with Crippen LogP contribution in [0, 0.1) is 11.8 Å². The number of hydrogen-bond acceptors (Lipinski definition) is 3. The van der Waals surface area contributed by atoms with E-state index in [9.17, 15) is 0 Å². The smallest absolute Gasteiger partial charge is 0.122 e. The number of hydrogen-bond donors (Lipinski definition) is 1. The number of rotatable bonds is 4. The molecule has 2 aliphatic rings. The van der Waals surface area contributed by atoms with Gasteiger partial charge in [-0.05, 0) is 50.2 Å². The first-order valence-electron chi connectivity index (χ1n) is 8.15. The summed E-state index contributed by atoms with van der Waals surface area (Å²) in [4.78, 5) is 2.55. The molecule has 1 aliphatic heterocycles. The number of nitrogens with zero attached hydrogens (tertiary/aromatic N) is 1. The molecule has 0 amide bonds. The molecule has 20 heavy (non-hydrogen) atoms. The van der Waals surface area contributed by atoms with E-state index in [4.69, 9.17) is 10.2 Å². The third-order valence-corrected chi connectivity index (χ3v) is 5.24. The number of nitrogens with two attached hydrogens (primary N) is 1. The average Bonchev–Trinajstić information content (AvgIpc) is 2.97. The van der Waals surface area contributed by atoms with Crippen LogP contribution in [-0.2, 0) is 0 Å². The summed E-state index contributed by atoms with van der Waals surface area (Å²) in [6.45, 7) is 8.73. The Bertz CT molecular complexity index is 456. The van der Waals surface area contributed by atoms with Crippen molar-refractivity contribution < 1.29 is 4.42 Å². The Hall–Kier alpha value is -0.800. The Kier molecular flexibility index (Phi) is 3.91. The van der Waals surface area contributed by atoms with Gasteiger partial charge in [0.2, 0.25) is 0 Å². The van der Waals surface area contributed by atoms with Crippen LogP contribution in [0.3, 0.4) is 0 Å². The van der Waals surface area contributed by atoms with Crippen molar-refractivity contribution in [2.75, 3.05) is 13.1 Å². The maximum Gasteiger partial charge on any atom is 0.122 e. The van der Waals surface area contributed by atoms with Gasteiger partial charge in [0.25, 0.3) is 0 Å². The van der Waals surface area contributed by atoms with Crippen LogP contribution >= 0.6 is 0 Å². The van der Waals surface area contributed by atoms with Crippen LogP contribution in [0.4, 0.5) is 0 Å². The van der Waals surface area contributed by atoms with Gasteiger partial charge in [-0.15, -0.1) is 0 Å². The molecule has 2 fully saturated rings. The zero-order chi connectivity index (χ0) is 14.3. The summed E-state index contributed by atoms with van der Waals surface area (Å²) in [5, 5.41) is 0. The molecule has 1 aromatic heterocycles. The number of likely N-dealkylation sites (tertiary alicyclic amines) is 1. The van der Waals surface area contributed by atoms with E-state index >= 15 is 0 Å². The van der Waals surface area contributed by atoms with Crippen LogP contribution in [-0.4, -0.2) is 24.0 Å². The molecule has 112 valence electrons. The molecule has 3 rings (SSSR count). The summed E-state index contributed by atoms with van der Waals surface area (Å²) in [7, 11) is 0. The molecule has 2 N–H and O–H groups in total. The first-order chi connectivity index (χ1) is 9.60. The monoisotopic (exact) mass is 276 g/mol. The molecule has 1 saturated carbocycles. The first kappa shape index (κ1) is 14.2. The molecular formula is C17H28N2O. The molecule has 0 radical (unpaired) electrons. The van der Waals surface area contributed by atoms with E-state index in [0.717, 1.165) is 24.1 Å². The number of piperidine rings is 1. The van der Waals surface area contributed by atoms with Gasteiger partial charge in [0, 0.05) is 25.0 Å². The Morgan fingerprint density at radius 2 is 2.05 bits per heavy atom. The molecule has 1 saturated heterocycles. The van der Waals surface area contributed by atoms with Gasteiger partial charge in [-0.25, -0.2) is 0 Å². The summed E-state index contributed by atoms with van der Waals surface area (Å²) in [6.07, 6.45) is 3.88. The van der Waals surface area contributed by atoms with Gasteiger partial charge in [-0.3, -0.25) is 4.90 Å². The van der Waals surface area contributed by atoms with Crippen molar-refractivity contribution in [3.63, 3.8) is 0 Å². The van der Waals surface area contributed by atoms with Crippen molar-refractivity contribution in [1.82, 2.24) is 4.90 Å². The highest BCUT2D eigenvalue weighted by molar-refractivity contribution is 5.19. The highest BCUT2D eigenvalue weighted by Crippen LogP contribution is 2.48. The van der Waals surface area contributed by atoms with Crippen molar-refractivity contribution in [3.8, 4) is 0 Å². The van der Waals surface area contributed by atoms with Gasteiger partial charge in [-0.2, -0.15) is 0 Å². The van der Waals surface area contributed by atoms with Crippen LogP contribution in [0.2, 0.25) is 0 Å². The minimum Gasteiger partial charge on any atom is -0.464 e. The van der Waals surface area contributed by atoms with Crippen LogP contribution < -0.4 is 5.73 Å². The van der Waals surface area contributed by atoms with Crippen molar-refractivity contribution in [2.45, 2.75) is 58.0 Å². The Balaban J connectivity index is 1.76. The van der Waals surface area contributed by atoms with E-state index in [0.29, 0.717) is 18.5 Å². The molecule has 5 unspecified atom stereocenters. The lowest BCUT2D eigenvalue weighted by molar-refractivity contribution is 0.0689. The van der Waals surface area contributed by atoms with E-state index in [-0.39, 0.29) is 6.04 Å². The Morgan fingerprint density at radius 1 is 1.30 bits per heavy atom. The zero-order valence-corrected chi connectivity index (χ0v) is 13.0. The maximum absolute atomic E-state index is 6.15. The van der Waals surface area contributed by atoms with Crippen molar-refractivity contribution in [3.05, 3.63) is 23.7 Å². The van der Waals surface area contributed by atoms with E-state index in [2.05, 4.69) is 37.8 Å². The third-order valence-electron chi connectivity index (χ3n) is 5.24. The Labute approximate surface area is 122 Å². The topological polar surface area (TPSA) is 42.4 Å². The highest BCUT2D eigenvalue weighted by atomic mass is 16.3. The van der Waals surface area contributed by atoms with Crippen molar-refractivity contribution in [2.24, 2.45) is 17.6 Å². The molecule has 0 spiro atoms. The van der Waals surface area contributed by atoms with Gasteiger partial charge < -0.3 is 10.2 Å². The highest BCUT2D eigenvalue weighted by Gasteiger charge is 2.38. The van der Waals surface area contributed by atoms with Gasteiger partial charge in [-0.1, -0.05) is 13.8 Å². The second-order valence-corrected chi connectivity index (χ2v) is 7.04. The largest absolute Gasteiger partial charge is 0.464 e. The molecule has 5 atom stereocenters. The zero-order valence-electron chi connectivity index (χ0n) is 13.0. The molecule has 0 bridgehead atoms. The first-order valence-corrected chi connectivity index (χ1v) is 8.15. The fourth-order valence-electron chi connectivity index (χ4n) is 3.64. The van der Waals surface area contributed by atoms with Gasteiger partial charge in [0.15, 0.2) is 0 Å².